The van der Waals surface area contributed by atoms with Crippen LogP contribution in [0.4, 0.5) is 0 Å². The lowest BCUT2D eigenvalue weighted by Gasteiger charge is -2.16. The van der Waals surface area contributed by atoms with Crippen LogP contribution in [0.15, 0.2) is 107 Å². The first-order valence-corrected chi connectivity index (χ1v) is 14.1. The van der Waals surface area contributed by atoms with Crippen molar-refractivity contribution in [3.05, 3.63) is 139 Å². The highest BCUT2D eigenvalue weighted by Gasteiger charge is 2.33. The zero-order chi connectivity index (χ0) is 27.2. The van der Waals surface area contributed by atoms with Gasteiger partial charge in [0.15, 0.2) is 5.17 Å². The maximum atomic E-state index is 13.7. The van der Waals surface area contributed by atoms with Crippen molar-refractivity contribution in [2.45, 2.75) is 19.7 Å². The summed E-state index contributed by atoms with van der Waals surface area (Å²) >= 11 is 20.2. The number of thioether (sulfide) groups is 1. The summed E-state index contributed by atoms with van der Waals surface area (Å²) < 4.78 is 6.11. The van der Waals surface area contributed by atoms with E-state index in [1.165, 1.54) is 11.8 Å². The topological polar surface area (TPSA) is 41.9 Å². The third-order valence-electron chi connectivity index (χ3n) is 5.93. The average Bonchev–Trinajstić information content (AvgIpc) is 3.22. The van der Waals surface area contributed by atoms with Crippen molar-refractivity contribution < 1.29 is 9.53 Å². The Morgan fingerprint density at radius 1 is 0.795 bits per heavy atom. The van der Waals surface area contributed by atoms with Crippen molar-refractivity contribution >= 4 is 63.7 Å². The predicted molar refractivity (Wildman–Crippen MR) is 162 cm³/mol. The fourth-order valence-corrected chi connectivity index (χ4v) is 5.65. The van der Waals surface area contributed by atoms with E-state index in [0.717, 1.165) is 16.7 Å². The summed E-state index contributed by atoms with van der Waals surface area (Å²) in [5.74, 6) is 0.302. The molecule has 4 nitrogen and oxygen atoms in total. The second-order valence-electron chi connectivity index (χ2n) is 8.79. The van der Waals surface area contributed by atoms with Crippen LogP contribution in [0.1, 0.15) is 22.3 Å². The molecule has 0 spiro atoms. The summed E-state index contributed by atoms with van der Waals surface area (Å²) in [6.07, 6.45) is 1.77. The fraction of sp³-hybridized carbons (Fsp3) is 0.0968. The third-order valence-corrected chi connectivity index (χ3v) is 7.73. The lowest BCUT2D eigenvalue weighted by Crippen LogP contribution is -2.28. The van der Waals surface area contributed by atoms with E-state index in [0.29, 0.717) is 49.5 Å². The highest BCUT2D eigenvalue weighted by atomic mass is 35.5. The number of benzene rings is 4. The van der Waals surface area contributed by atoms with Crippen molar-refractivity contribution in [3.63, 3.8) is 0 Å². The number of nitrogens with zero attached hydrogens (tertiary/aromatic N) is 2. The number of halogens is 3. The van der Waals surface area contributed by atoms with E-state index in [9.17, 15) is 4.79 Å². The highest BCUT2D eigenvalue weighted by Crippen LogP contribution is 2.39. The van der Waals surface area contributed by atoms with Crippen LogP contribution in [0.5, 0.6) is 5.75 Å². The lowest BCUT2D eigenvalue weighted by atomic mass is 10.1. The molecule has 4 aromatic rings. The van der Waals surface area contributed by atoms with Gasteiger partial charge in [0, 0.05) is 15.6 Å². The normalized spacial score (nSPS) is 15.4. The largest absolute Gasteiger partial charge is 0.487 e. The number of carbonyl (C=O) groups excluding carboxylic acids is 1. The molecule has 4 aromatic carbocycles. The van der Waals surface area contributed by atoms with Gasteiger partial charge in [-0.1, -0.05) is 108 Å². The SMILES string of the molecule is O=C1/C(=C\c2cc(Cl)cc(Cl)c2OCc2ccc(Cl)cc2)SC(=NCc2ccccc2)N1Cc1ccccc1. The number of hydrogen-bond donors (Lipinski definition) is 0. The molecule has 1 heterocycles. The maximum absolute atomic E-state index is 13.7. The summed E-state index contributed by atoms with van der Waals surface area (Å²) in [5, 5.41) is 2.09. The van der Waals surface area contributed by atoms with Crippen molar-refractivity contribution in [1.82, 2.24) is 4.90 Å². The van der Waals surface area contributed by atoms with Crippen LogP contribution in [0.25, 0.3) is 6.08 Å². The molecule has 5 rings (SSSR count). The Kier molecular flexibility index (Phi) is 8.95. The summed E-state index contributed by atoms with van der Waals surface area (Å²) in [4.78, 5) is 20.7. The zero-order valence-corrected chi connectivity index (χ0v) is 23.8. The first kappa shape index (κ1) is 27.4. The van der Waals surface area contributed by atoms with Gasteiger partial charge in [0.05, 0.1) is 23.0 Å². The molecule has 0 N–H and O–H groups in total. The summed E-state index contributed by atoms with van der Waals surface area (Å²) in [5.41, 5.74) is 3.62. The van der Waals surface area contributed by atoms with Gasteiger partial charge in [0.1, 0.15) is 12.4 Å². The molecule has 0 saturated carbocycles. The van der Waals surface area contributed by atoms with Crippen LogP contribution in [0.3, 0.4) is 0 Å². The molecule has 0 aliphatic carbocycles. The van der Waals surface area contributed by atoms with Gasteiger partial charge in [-0.05, 0) is 58.8 Å². The first-order valence-electron chi connectivity index (χ1n) is 12.2. The first-order chi connectivity index (χ1) is 19.0. The van der Waals surface area contributed by atoms with Gasteiger partial charge in [0.25, 0.3) is 5.91 Å². The maximum Gasteiger partial charge on any atom is 0.267 e. The lowest BCUT2D eigenvalue weighted by molar-refractivity contribution is -0.122. The molecule has 0 atom stereocenters. The molecule has 1 aliphatic rings. The van der Waals surface area contributed by atoms with Crippen LogP contribution >= 0.6 is 46.6 Å². The van der Waals surface area contributed by atoms with E-state index in [4.69, 9.17) is 44.5 Å². The third kappa shape index (κ3) is 7.06. The molecular formula is C31H23Cl3N2O2S. The molecular weight excluding hydrogens is 571 g/mol. The monoisotopic (exact) mass is 592 g/mol. The van der Waals surface area contributed by atoms with Crippen molar-refractivity contribution in [1.29, 1.82) is 0 Å². The Morgan fingerprint density at radius 3 is 2.15 bits per heavy atom. The van der Waals surface area contributed by atoms with E-state index in [1.54, 1.807) is 35.2 Å². The number of rotatable bonds is 8. The average molecular weight is 594 g/mol. The molecule has 8 heteroatoms. The number of amidine groups is 1. The quantitative estimate of drug-likeness (QED) is 0.192. The Balaban J connectivity index is 1.46. The molecule has 39 heavy (non-hydrogen) atoms. The van der Waals surface area contributed by atoms with Crippen molar-refractivity contribution in [2.75, 3.05) is 0 Å². The second-order valence-corrected chi connectivity index (χ2v) is 11.1. The molecule has 1 saturated heterocycles. The summed E-state index contributed by atoms with van der Waals surface area (Å²) in [7, 11) is 0. The standard InChI is InChI=1S/C31H23Cl3N2O2S/c32-25-13-11-23(12-14-25)20-38-29-24(15-26(33)17-27(29)34)16-28-30(37)36(19-22-9-5-2-6-10-22)31(39-28)35-18-21-7-3-1-4-8-21/h1-17H,18-20H2/b28-16+,35-31?. The Hall–Kier alpha value is -3.22. The van der Waals surface area contributed by atoms with Gasteiger partial charge in [-0.3, -0.25) is 14.7 Å². The van der Waals surface area contributed by atoms with E-state index < -0.39 is 0 Å². The van der Waals surface area contributed by atoms with Crippen LogP contribution in [0, 0.1) is 0 Å². The van der Waals surface area contributed by atoms with Gasteiger partial charge in [-0.25, -0.2) is 0 Å². The Morgan fingerprint density at radius 2 is 1.46 bits per heavy atom. The molecule has 0 bridgehead atoms. The number of ether oxygens (including phenoxy) is 1. The smallest absolute Gasteiger partial charge is 0.267 e. The minimum absolute atomic E-state index is 0.143. The van der Waals surface area contributed by atoms with E-state index in [1.807, 2.05) is 72.8 Å². The van der Waals surface area contributed by atoms with Crippen LogP contribution < -0.4 is 4.74 Å². The molecule has 1 aliphatic heterocycles. The highest BCUT2D eigenvalue weighted by molar-refractivity contribution is 8.18. The van der Waals surface area contributed by atoms with Crippen molar-refractivity contribution in [2.24, 2.45) is 4.99 Å². The molecule has 196 valence electrons. The molecule has 1 amide bonds. The number of hydrogen-bond acceptors (Lipinski definition) is 4. The van der Waals surface area contributed by atoms with Crippen molar-refractivity contribution in [3.8, 4) is 5.75 Å². The van der Waals surface area contributed by atoms with Gasteiger partial charge in [0.2, 0.25) is 0 Å². The minimum atomic E-state index is -0.143. The molecule has 0 aromatic heterocycles. The van der Waals surface area contributed by atoms with Gasteiger partial charge in [-0.15, -0.1) is 0 Å². The van der Waals surface area contributed by atoms with E-state index >= 15 is 0 Å². The van der Waals surface area contributed by atoms with Gasteiger partial charge in [-0.2, -0.15) is 0 Å². The zero-order valence-electron chi connectivity index (χ0n) is 20.7. The minimum Gasteiger partial charge on any atom is -0.487 e. The van der Waals surface area contributed by atoms with E-state index in [2.05, 4.69) is 0 Å². The number of amides is 1. The van der Waals surface area contributed by atoms with Gasteiger partial charge >= 0.3 is 0 Å². The molecule has 0 unspecified atom stereocenters. The van der Waals surface area contributed by atoms with Gasteiger partial charge < -0.3 is 4.74 Å². The number of aliphatic imine (C=N–C) groups is 1. The van der Waals surface area contributed by atoms with Crippen LogP contribution in [-0.4, -0.2) is 16.0 Å². The second kappa shape index (κ2) is 12.8. The van der Waals surface area contributed by atoms with Crippen LogP contribution in [-0.2, 0) is 24.5 Å². The fourth-order valence-electron chi connectivity index (χ4n) is 3.99. The van der Waals surface area contributed by atoms with E-state index in [-0.39, 0.29) is 12.5 Å². The predicted octanol–water partition coefficient (Wildman–Crippen LogP) is 8.90. The molecule has 0 radical (unpaired) electrons. The Bertz CT molecular complexity index is 1530. The van der Waals surface area contributed by atoms with Crippen LogP contribution in [0.2, 0.25) is 15.1 Å². The summed E-state index contributed by atoms with van der Waals surface area (Å²) in [6, 6.07) is 30.6. The number of carbonyl (C=O) groups is 1. The molecule has 1 fully saturated rings. The Labute approximate surface area is 246 Å². The summed E-state index contributed by atoms with van der Waals surface area (Å²) in [6.45, 7) is 1.15.